The van der Waals surface area contributed by atoms with Gasteiger partial charge in [0.1, 0.15) is 11.5 Å². The summed E-state index contributed by atoms with van der Waals surface area (Å²) < 4.78 is 72.1. The van der Waals surface area contributed by atoms with Crippen molar-refractivity contribution in [3.05, 3.63) is 54.1 Å². The van der Waals surface area contributed by atoms with Gasteiger partial charge in [-0.15, -0.1) is 13.2 Å². The normalized spacial score (nSPS) is 12.8. The summed E-state index contributed by atoms with van der Waals surface area (Å²) in [6, 6.07) is 10.6. The van der Waals surface area contributed by atoms with E-state index >= 15 is 0 Å². The Hall–Kier alpha value is -2.79. The van der Waals surface area contributed by atoms with Crippen molar-refractivity contribution in [1.82, 2.24) is 10.0 Å². The molecular weight excluding hydrogens is 425 g/mol. The van der Waals surface area contributed by atoms with E-state index in [2.05, 4.69) is 14.8 Å². The third kappa shape index (κ3) is 6.92. The van der Waals surface area contributed by atoms with Crippen LogP contribution in [0.1, 0.15) is 24.9 Å². The monoisotopic (exact) mass is 446 g/mol. The van der Waals surface area contributed by atoms with Crippen LogP contribution in [0.4, 0.5) is 13.2 Å². The van der Waals surface area contributed by atoms with E-state index in [-0.39, 0.29) is 29.8 Å². The molecule has 2 rings (SSSR count). The third-order valence-electron chi connectivity index (χ3n) is 3.99. The van der Waals surface area contributed by atoms with Gasteiger partial charge < -0.3 is 14.8 Å². The number of rotatable bonds is 9. The Kier molecular flexibility index (Phi) is 7.68. The van der Waals surface area contributed by atoms with Crippen LogP contribution in [0.2, 0.25) is 0 Å². The molecule has 0 fully saturated rings. The number of hydrogen-bond acceptors (Lipinski definition) is 5. The Balaban J connectivity index is 1.88. The quantitative estimate of drug-likeness (QED) is 0.617. The van der Waals surface area contributed by atoms with Gasteiger partial charge in [-0.1, -0.05) is 18.2 Å². The van der Waals surface area contributed by atoms with E-state index in [9.17, 15) is 26.4 Å². The summed E-state index contributed by atoms with van der Waals surface area (Å²) in [5.41, 5.74) is 0.773. The molecule has 2 N–H and O–H groups in total. The molecule has 30 heavy (non-hydrogen) atoms. The number of ether oxygens (including phenoxy) is 2. The minimum absolute atomic E-state index is 0.131. The number of halogens is 3. The standard InChI is InChI=1S/C19H21F3N2O5S/c1-13(16-5-3-4-6-17(16)28-2)24-18(25)11-12-23-30(26,27)15-9-7-14(8-10-15)29-19(20,21)22/h3-10,13,23H,11-12H2,1-2H3,(H,24,25)/t13-/m1/s1. The van der Waals surface area contributed by atoms with E-state index in [0.29, 0.717) is 5.75 Å². The van der Waals surface area contributed by atoms with Crippen molar-refractivity contribution in [2.75, 3.05) is 13.7 Å². The van der Waals surface area contributed by atoms with Crippen LogP contribution in [-0.2, 0) is 14.8 Å². The smallest absolute Gasteiger partial charge is 0.496 e. The second-order valence-electron chi connectivity index (χ2n) is 6.20. The molecule has 0 saturated carbocycles. The topological polar surface area (TPSA) is 93.7 Å². The van der Waals surface area contributed by atoms with E-state index in [1.807, 2.05) is 0 Å². The zero-order chi connectivity index (χ0) is 22.4. The number of amides is 1. The fourth-order valence-electron chi connectivity index (χ4n) is 2.62. The summed E-state index contributed by atoms with van der Waals surface area (Å²) in [7, 11) is -2.48. The van der Waals surface area contributed by atoms with E-state index in [4.69, 9.17) is 4.74 Å². The first-order chi connectivity index (χ1) is 14.0. The molecule has 0 bridgehead atoms. The molecule has 7 nitrogen and oxygen atoms in total. The predicted octanol–water partition coefficient (Wildman–Crippen LogP) is 3.14. The van der Waals surface area contributed by atoms with Crippen molar-refractivity contribution >= 4 is 15.9 Å². The van der Waals surface area contributed by atoms with Gasteiger partial charge in [0.15, 0.2) is 0 Å². The summed E-state index contributed by atoms with van der Waals surface area (Å²) >= 11 is 0. The first-order valence-electron chi connectivity index (χ1n) is 8.79. The minimum Gasteiger partial charge on any atom is -0.496 e. The van der Waals surface area contributed by atoms with Crippen LogP contribution in [0.25, 0.3) is 0 Å². The first kappa shape index (κ1) is 23.5. The molecule has 0 aliphatic heterocycles. The molecule has 0 saturated heterocycles. The lowest BCUT2D eigenvalue weighted by Crippen LogP contribution is -2.32. The van der Waals surface area contributed by atoms with Crippen LogP contribution in [-0.4, -0.2) is 34.3 Å². The van der Waals surface area contributed by atoms with Crippen LogP contribution in [0.5, 0.6) is 11.5 Å². The largest absolute Gasteiger partial charge is 0.573 e. The molecule has 1 atom stereocenters. The summed E-state index contributed by atoms with van der Waals surface area (Å²) in [6.45, 7) is 1.58. The molecule has 0 heterocycles. The van der Waals surface area contributed by atoms with Gasteiger partial charge in [-0.2, -0.15) is 0 Å². The molecule has 0 aromatic heterocycles. The second-order valence-corrected chi connectivity index (χ2v) is 7.97. The molecular formula is C19H21F3N2O5S. The van der Waals surface area contributed by atoms with Crippen molar-refractivity contribution in [2.45, 2.75) is 30.6 Å². The Morgan fingerprint density at radius 3 is 2.33 bits per heavy atom. The van der Waals surface area contributed by atoms with Gasteiger partial charge in [-0.3, -0.25) is 4.79 Å². The highest BCUT2D eigenvalue weighted by Gasteiger charge is 2.31. The van der Waals surface area contributed by atoms with Crippen molar-refractivity contribution in [3.8, 4) is 11.5 Å². The molecule has 0 aliphatic rings. The SMILES string of the molecule is COc1ccccc1[C@@H](C)NC(=O)CCNS(=O)(=O)c1ccc(OC(F)(F)F)cc1. The molecule has 2 aromatic carbocycles. The average molecular weight is 446 g/mol. The fraction of sp³-hybridized carbons (Fsp3) is 0.316. The lowest BCUT2D eigenvalue weighted by Gasteiger charge is -2.17. The molecule has 11 heteroatoms. The number of para-hydroxylation sites is 1. The number of benzene rings is 2. The lowest BCUT2D eigenvalue weighted by molar-refractivity contribution is -0.274. The number of hydrogen-bond donors (Lipinski definition) is 2. The zero-order valence-corrected chi connectivity index (χ0v) is 17.0. The molecule has 164 valence electrons. The summed E-state index contributed by atoms with van der Waals surface area (Å²) in [4.78, 5) is 11.9. The number of carbonyl (C=O) groups is 1. The highest BCUT2D eigenvalue weighted by atomic mass is 32.2. The summed E-state index contributed by atoms with van der Waals surface area (Å²) in [5, 5.41) is 2.75. The molecule has 1 amide bonds. The maximum atomic E-state index is 12.2. The van der Waals surface area contributed by atoms with Crippen molar-refractivity contribution in [1.29, 1.82) is 0 Å². The molecule has 0 spiro atoms. The van der Waals surface area contributed by atoms with Crippen LogP contribution in [0.3, 0.4) is 0 Å². The number of methoxy groups -OCH3 is 1. The number of carbonyl (C=O) groups excluding carboxylic acids is 1. The summed E-state index contributed by atoms with van der Waals surface area (Å²) in [5.74, 6) is -0.305. The Morgan fingerprint density at radius 1 is 1.10 bits per heavy atom. The van der Waals surface area contributed by atoms with Gasteiger partial charge in [-0.05, 0) is 37.3 Å². The van der Waals surface area contributed by atoms with E-state index in [1.165, 1.54) is 7.11 Å². The predicted molar refractivity (Wildman–Crippen MR) is 102 cm³/mol. The number of alkyl halides is 3. The number of sulfonamides is 1. The van der Waals surface area contributed by atoms with Gasteiger partial charge in [0.25, 0.3) is 0 Å². The van der Waals surface area contributed by atoms with Gasteiger partial charge in [0.05, 0.1) is 18.0 Å². The van der Waals surface area contributed by atoms with Gasteiger partial charge in [0, 0.05) is 18.5 Å². The van der Waals surface area contributed by atoms with Crippen LogP contribution in [0.15, 0.2) is 53.4 Å². The zero-order valence-electron chi connectivity index (χ0n) is 16.2. The van der Waals surface area contributed by atoms with Crippen LogP contribution < -0.4 is 19.5 Å². The average Bonchev–Trinajstić information content (AvgIpc) is 2.66. The minimum atomic E-state index is -4.87. The van der Waals surface area contributed by atoms with Gasteiger partial charge >= 0.3 is 6.36 Å². The van der Waals surface area contributed by atoms with Crippen molar-refractivity contribution in [3.63, 3.8) is 0 Å². The highest BCUT2D eigenvalue weighted by Crippen LogP contribution is 2.25. The molecule has 0 radical (unpaired) electrons. The first-order valence-corrected chi connectivity index (χ1v) is 10.3. The van der Waals surface area contributed by atoms with E-state index in [1.54, 1.807) is 31.2 Å². The second kappa shape index (κ2) is 9.81. The Morgan fingerprint density at radius 2 is 1.73 bits per heavy atom. The van der Waals surface area contributed by atoms with Crippen LogP contribution in [0, 0.1) is 0 Å². The lowest BCUT2D eigenvalue weighted by atomic mass is 10.1. The van der Waals surface area contributed by atoms with Crippen molar-refractivity contribution in [2.24, 2.45) is 0 Å². The van der Waals surface area contributed by atoms with E-state index < -0.39 is 22.1 Å². The maximum Gasteiger partial charge on any atom is 0.573 e. The van der Waals surface area contributed by atoms with Crippen LogP contribution >= 0.6 is 0 Å². The molecule has 2 aromatic rings. The van der Waals surface area contributed by atoms with Gasteiger partial charge in [0.2, 0.25) is 15.9 Å². The van der Waals surface area contributed by atoms with Crippen molar-refractivity contribution < 1.29 is 35.9 Å². The Labute approximate surface area is 172 Å². The highest BCUT2D eigenvalue weighted by molar-refractivity contribution is 7.89. The maximum absolute atomic E-state index is 12.2. The third-order valence-corrected chi connectivity index (χ3v) is 5.47. The van der Waals surface area contributed by atoms with Gasteiger partial charge in [-0.25, -0.2) is 13.1 Å². The van der Waals surface area contributed by atoms with E-state index in [0.717, 1.165) is 29.8 Å². The molecule has 0 unspecified atom stereocenters. The fourth-order valence-corrected chi connectivity index (χ4v) is 3.65. The summed E-state index contributed by atoms with van der Waals surface area (Å²) in [6.07, 6.45) is -5.00. The number of nitrogens with one attached hydrogen (secondary N) is 2. The molecule has 0 aliphatic carbocycles. The Bertz CT molecular complexity index is 963.